The van der Waals surface area contributed by atoms with Crippen molar-refractivity contribution < 1.29 is 23.9 Å². The lowest BCUT2D eigenvalue weighted by Gasteiger charge is -2.21. The van der Waals surface area contributed by atoms with Crippen LogP contribution in [0.1, 0.15) is 11.5 Å². The topological polar surface area (TPSA) is 69.7 Å². The summed E-state index contributed by atoms with van der Waals surface area (Å²) in [4.78, 5) is 34.2. The predicted molar refractivity (Wildman–Crippen MR) is 88.0 cm³/mol. The number of rotatable bonds is 9. The Labute approximate surface area is 138 Å². The summed E-state index contributed by atoms with van der Waals surface area (Å²) < 4.78 is 8.96. The Bertz CT molecular complexity index is 472. The van der Waals surface area contributed by atoms with Gasteiger partial charge in [-0.25, -0.2) is 0 Å². The number of hydrogen-bond donors (Lipinski definition) is 0. The van der Waals surface area contributed by atoms with Gasteiger partial charge < -0.3 is 14.3 Å². The molecule has 0 heterocycles. The summed E-state index contributed by atoms with van der Waals surface area (Å²) in [7, 11) is 2.63. The molecule has 0 saturated carbocycles. The minimum atomic E-state index is -0.425. The highest BCUT2D eigenvalue weighted by atomic mass is 32.2. The highest BCUT2D eigenvalue weighted by molar-refractivity contribution is 8.17. The summed E-state index contributed by atoms with van der Waals surface area (Å²) in [6, 6.07) is 9.26. The van der Waals surface area contributed by atoms with Crippen LogP contribution in [0.25, 0.3) is 0 Å². The van der Waals surface area contributed by atoms with Crippen molar-refractivity contribution >= 4 is 41.7 Å². The SMILES string of the molecule is COC(=O)CSC(SCC(=O)OC)C(C=O)c1ccccc1. The van der Waals surface area contributed by atoms with Crippen LogP contribution >= 0.6 is 23.5 Å². The Morgan fingerprint density at radius 1 is 1.05 bits per heavy atom. The van der Waals surface area contributed by atoms with Crippen molar-refractivity contribution in [2.45, 2.75) is 10.5 Å². The fourth-order valence-electron chi connectivity index (χ4n) is 1.65. The third kappa shape index (κ3) is 6.11. The molecule has 0 aromatic heterocycles. The van der Waals surface area contributed by atoms with Crippen LogP contribution < -0.4 is 0 Å². The normalized spacial score (nSPS) is 11.8. The van der Waals surface area contributed by atoms with Crippen LogP contribution in [0.3, 0.4) is 0 Å². The van der Waals surface area contributed by atoms with Crippen LogP contribution in [0.4, 0.5) is 0 Å². The first-order chi connectivity index (χ1) is 10.6. The first kappa shape index (κ1) is 18.6. The van der Waals surface area contributed by atoms with E-state index in [0.717, 1.165) is 11.8 Å². The van der Waals surface area contributed by atoms with Gasteiger partial charge >= 0.3 is 11.9 Å². The van der Waals surface area contributed by atoms with Gasteiger partial charge in [-0.15, -0.1) is 23.5 Å². The molecule has 1 rings (SSSR count). The first-order valence-corrected chi connectivity index (χ1v) is 8.59. The van der Waals surface area contributed by atoms with Crippen LogP contribution in [0, 0.1) is 0 Å². The molecular weight excluding hydrogens is 324 g/mol. The lowest BCUT2D eigenvalue weighted by atomic mass is 10.0. The Kier molecular flexibility index (Phi) is 8.69. The van der Waals surface area contributed by atoms with Crippen molar-refractivity contribution in [3.63, 3.8) is 0 Å². The second kappa shape index (κ2) is 10.3. The van der Waals surface area contributed by atoms with Crippen molar-refractivity contribution in [2.75, 3.05) is 25.7 Å². The maximum absolute atomic E-state index is 11.5. The van der Waals surface area contributed by atoms with Gasteiger partial charge in [-0.05, 0) is 5.56 Å². The molecule has 0 saturated heterocycles. The average molecular weight is 342 g/mol. The number of aldehydes is 1. The molecule has 1 atom stereocenters. The molecule has 0 aliphatic carbocycles. The van der Waals surface area contributed by atoms with Gasteiger partial charge in [0.15, 0.2) is 0 Å². The first-order valence-electron chi connectivity index (χ1n) is 6.49. The summed E-state index contributed by atoms with van der Waals surface area (Å²) in [5, 5.41) is 0. The third-order valence-corrected chi connectivity index (χ3v) is 5.68. The number of hydrogen-bond acceptors (Lipinski definition) is 7. The van der Waals surface area contributed by atoms with Gasteiger partial charge in [-0.3, -0.25) is 9.59 Å². The maximum atomic E-state index is 11.5. The van der Waals surface area contributed by atoms with Crippen molar-refractivity contribution in [1.29, 1.82) is 0 Å². The zero-order valence-electron chi connectivity index (χ0n) is 12.4. The fourth-order valence-corrected chi connectivity index (χ4v) is 4.14. The van der Waals surface area contributed by atoms with E-state index in [4.69, 9.17) is 0 Å². The van der Waals surface area contributed by atoms with E-state index in [2.05, 4.69) is 9.47 Å². The Balaban J connectivity index is 2.82. The summed E-state index contributed by atoms with van der Waals surface area (Å²) in [6.07, 6.45) is 0.842. The molecular formula is C15H18O5S2. The van der Waals surface area contributed by atoms with Crippen molar-refractivity contribution in [3.05, 3.63) is 35.9 Å². The van der Waals surface area contributed by atoms with Gasteiger partial charge in [0.25, 0.3) is 0 Å². The van der Waals surface area contributed by atoms with E-state index < -0.39 is 5.92 Å². The molecule has 1 unspecified atom stereocenters. The second-order valence-corrected chi connectivity index (χ2v) is 6.77. The van der Waals surface area contributed by atoms with Crippen molar-refractivity contribution in [3.8, 4) is 0 Å². The Morgan fingerprint density at radius 2 is 1.55 bits per heavy atom. The smallest absolute Gasteiger partial charge is 0.315 e. The number of benzene rings is 1. The maximum Gasteiger partial charge on any atom is 0.315 e. The number of carbonyl (C=O) groups excluding carboxylic acids is 3. The van der Waals surface area contributed by atoms with Crippen molar-refractivity contribution in [2.24, 2.45) is 0 Å². The summed E-state index contributed by atoms with van der Waals surface area (Å²) >= 11 is 2.57. The highest BCUT2D eigenvalue weighted by Crippen LogP contribution is 2.35. The largest absolute Gasteiger partial charge is 0.468 e. The second-order valence-electron chi connectivity index (χ2n) is 4.22. The number of thioether (sulfide) groups is 2. The lowest BCUT2D eigenvalue weighted by Crippen LogP contribution is -2.19. The fraction of sp³-hybridized carbons (Fsp3) is 0.400. The zero-order valence-corrected chi connectivity index (χ0v) is 14.0. The van der Waals surface area contributed by atoms with E-state index >= 15 is 0 Å². The molecule has 0 aliphatic heterocycles. The standard InChI is InChI=1S/C15H18O5S2/c1-19-13(17)9-21-15(22-10-14(18)20-2)12(8-16)11-6-4-3-5-7-11/h3-8,12,15H,9-10H2,1-2H3. The minimum Gasteiger partial charge on any atom is -0.468 e. The van der Waals surface area contributed by atoms with Crippen LogP contribution in [0.15, 0.2) is 30.3 Å². The van der Waals surface area contributed by atoms with E-state index in [1.807, 2.05) is 30.3 Å². The Hall–Kier alpha value is -1.47. The molecule has 5 nitrogen and oxygen atoms in total. The van der Waals surface area contributed by atoms with Crippen molar-refractivity contribution in [1.82, 2.24) is 0 Å². The lowest BCUT2D eigenvalue weighted by molar-refractivity contribution is -0.138. The van der Waals surface area contributed by atoms with Crippen LogP contribution in [-0.4, -0.2) is 48.5 Å². The van der Waals surface area contributed by atoms with E-state index in [1.54, 1.807) is 0 Å². The molecule has 0 aliphatic rings. The average Bonchev–Trinajstić information content (AvgIpc) is 2.57. The van der Waals surface area contributed by atoms with E-state index in [9.17, 15) is 14.4 Å². The van der Waals surface area contributed by atoms with E-state index in [1.165, 1.54) is 37.7 Å². The number of esters is 2. The molecule has 0 N–H and O–H groups in total. The van der Waals surface area contributed by atoms with Crippen LogP contribution in [0.2, 0.25) is 0 Å². The van der Waals surface area contributed by atoms with Gasteiger partial charge in [0.1, 0.15) is 6.29 Å². The molecule has 1 aromatic carbocycles. The predicted octanol–water partition coefficient (Wildman–Crippen LogP) is 2.11. The van der Waals surface area contributed by atoms with E-state index in [-0.39, 0.29) is 28.0 Å². The molecule has 0 radical (unpaired) electrons. The number of methoxy groups -OCH3 is 2. The molecule has 0 amide bonds. The summed E-state index contributed by atoms with van der Waals surface area (Å²) in [5.41, 5.74) is 0.845. The molecule has 1 aromatic rings. The summed E-state index contributed by atoms with van der Waals surface area (Å²) in [5.74, 6) is -0.928. The van der Waals surface area contributed by atoms with Crippen LogP contribution in [0.5, 0.6) is 0 Å². The number of ether oxygens (including phenoxy) is 2. The molecule has 0 fully saturated rings. The van der Waals surface area contributed by atoms with Crippen LogP contribution in [-0.2, 0) is 23.9 Å². The highest BCUT2D eigenvalue weighted by Gasteiger charge is 2.25. The van der Waals surface area contributed by atoms with E-state index in [0.29, 0.717) is 0 Å². The summed E-state index contributed by atoms with van der Waals surface area (Å²) in [6.45, 7) is 0. The van der Waals surface area contributed by atoms with Gasteiger partial charge in [-0.1, -0.05) is 30.3 Å². The molecule has 0 spiro atoms. The van der Waals surface area contributed by atoms with Gasteiger partial charge in [0.2, 0.25) is 0 Å². The minimum absolute atomic E-state index is 0.118. The quantitative estimate of drug-likeness (QED) is 0.387. The molecule has 120 valence electrons. The number of carbonyl (C=O) groups is 3. The molecule has 7 heteroatoms. The molecule has 0 bridgehead atoms. The third-order valence-electron chi connectivity index (χ3n) is 2.81. The molecule has 22 heavy (non-hydrogen) atoms. The monoisotopic (exact) mass is 342 g/mol. The Morgan fingerprint density at radius 3 is 1.95 bits per heavy atom. The zero-order chi connectivity index (χ0) is 16.4. The van der Waals surface area contributed by atoms with Gasteiger partial charge in [0, 0.05) is 0 Å². The van der Waals surface area contributed by atoms with Gasteiger partial charge in [-0.2, -0.15) is 0 Å². The van der Waals surface area contributed by atoms with Gasteiger partial charge in [0.05, 0.1) is 36.2 Å².